The van der Waals surface area contributed by atoms with Crippen LogP contribution in [0.4, 0.5) is 0 Å². The Hall–Kier alpha value is -2.71. The number of aromatic nitrogens is 1. The first-order chi connectivity index (χ1) is 13.6. The average molecular weight is 395 g/mol. The molecule has 2 amide bonds. The molecule has 3 N–H and O–H groups in total. The molecular formula is C21H26BN3O4. The summed E-state index contributed by atoms with van der Waals surface area (Å²) in [5, 5.41) is 2.65. The van der Waals surface area contributed by atoms with Gasteiger partial charge in [-0.15, -0.1) is 0 Å². The van der Waals surface area contributed by atoms with Crippen molar-refractivity contribution >= 4 is 24.4 Å². The van der Waals surface area contributed by atoms with Gasteiger partial charge in [0, 0.05) is 12.6 Å². The second-order valence-corrected chi connectivity index (χ2v) is 8.18. The number of hydrogen-bond donors (Lipinski definition) is 2. The van der Waals surface area contributed by atoms with E-state index in [9.17, 15) is 9.59 Å². The van der Waals surface area contributed by atoms with Crippen molar-refractivity contribution in [2.75, 3.05) is 0 Å². The quantitative estimate of drug-likeness (QED) is 0.716. The maximum Gasteiger partial charge on any atom is 0.494 e. The average Bonchev–Trinajstić information content (AvgIpc) is 2.89. The molecule has 2 heterocycles. The molecule has 0 spiro atoms. The van der Waals surface area contributed by atoms with Crippen LogP contribution in [0.15, 0.2) is 48.7 Å². The van der Waals surface area contributed by atoms with Gasteiger partial charge < -0.3 is 20.4 Å². The monoisotopic (exact) mass is 395 g/mol. The summed E-state index contributed by atoms with van der Waals surface area (Å²) in [5.74, 6) is -1.05. The van der Waals surface area contributed by atoms with Gasteiger partial charge in [-0.05, 0) is 50.9 Å². The van der Waals surface area contributed by atoms with Crippen LogP contribution < -0.4 is 16.5 Å². The third kappa shape index (κ3) is 4.66. The van der Waals surface area contributed by atoms with Gasteiger partial charge in [0.05, 0.1) is 11.2 Å². The van der Waals surface area contributed by atoms with Crippen LogP contribution in [0.5, 0.6) is 0 Å². The summed E-state index contributed by atoms with van der Waals surface area (Å²) in [4.78, 5) is 28.1. The lowest BCUT2D eigenvalue weighted by atomic mass is 9.78. The second-order valence-electron chi connectivity index (χ2n) is 8.18. The Morgan fingerprint density at radius 2 is 1.69 bits per heavy atom. The van der Waals surface area contributed by atoms with Crippen LogP contribution in [0.25, 0.3) is 0 Å². The van der Waals surface area contributed by atoms with Crippen molar-refractivity contribution in [2.45, 2.75) is 51.4 Å². The molecule has 152 valence electrons. The lowest BCUT2D eigenvalue weighted by Crippen LogP contribution is -2.46. The summed E-state index contributed by atoms with van der Waals surface area (Å²) in [6.45, 7) is 8.01. The Morgan fingerprint density at radius 1 is 1.07 bits per heavy atom. The standard InChI is InChI=1S/C21H26BN3O4/c1-20(2)21(3,4)29-22(28-20)15-10-8-14(9-11-15)13-17(18(23)26)25-19(27)16-7-5-6-12-24-16/h5-12,17H,13H2,1-4H3,(H2,23,26)(H,25,27)/t17-/m1/s1. The molecule has 29 heavy (non-hydrogen) atoms. The Balaban J connectivity index is 1.67. The van der Waals surface area contributed by atoms with Crippen molar-refractivity contribution in [3.63, 3.8) is 0 Å². The Labute approximate surface area is 171 Å². The summed E-state index contributed by atoms with van der Waals surface area (Å²) in [6, 6.07) is 11.7. The fourth-order valence-corrected chi connectivity index (χ4v) is 2.98. The maximum absolute atomic E-state index is 12.3. The van der Waals surface area contributed by atoms with E-state index >= 15 is 0 Å². The number of primary amides is 1. The van der Waals surface area contributed by atoms with Gasteiger partial charge in [-0.2, -0.15) is 0 Å². The SMILES string of the molecule is CC1(C)OB(c2ccc(C[C@@H](NC(=O)c3ccccn3)C(N)=O)cc2)OC1(C)C. The minimum absolute atomic E-state index is 0.231. The van der Waals surface area contributed by atoms with E-state index in [-0.39, 0.29) is 12.1 Å². The third-order valence-corrected chi connectivity index (χ3v) is 5.49. The first-order valence-corrected chi connectivity index (χ1v) is 9.55. The molecule has 1 aliphatic heterocycles. The van der Waals surface area contributed by atoms with E-state index in [4.69, 9.17) is 15.0 Å². The van der Waals surface area contributed by atoms with Gasteiger partial charge in [-0.1, -0.05) is 30.3 Å². The highest BCUT2D eigenvalue weighted by atomic mass is 16.7. The molecule has 7 nitrogen and oxygen atoms in total. The van der Waals surface area contributed by atoms with Gasteiger partial charge in [-0.25, -0.2) is 0 Å². The molecule has 3 rings (SSSR count). The second kappa shape index (κ2) is 7.97. The van der Waals surface area contributed by atoms with E-state index < -0.39 is 36.2 Å². The van der Waals surface area contributed by atoms with Crippen LogP contribution in [0, 0.1) is 0 Å². The number of nitrogens with zero attached hydrogens (tertiary/aromatic N) is 1. The van der Waals surface area contributed by atoms with Gasteiger partial charge >= 0.3 is 7.12 Å². The zero-order chi connectivity index (χ0) is 21.2. The van der Waals surface area contributed by atoms with Crippen molar-refractivity contribution < 1.29 is 18.9 Å². The number of carbonyl (C=O) groups is 2. The lowest BCUT2D eigenvalue weighted by Gasteiger charge is -2.32. The Bertz CT molecular complexity index is 869. The molecule has 0 unspecified atom stereocenters. The molecule has 0 aliphatic carbocycles. The molecular weight excluding hydrogens is 369 g/mol. The molecule has 2 aromatic rings. The van der Waals surface area contributed by atoms with E-state index in [0.29, 0.717) is 0 Å². The molecule has 1 aliphatic rings. The van der Waals surface area contributed by atoms with E-state index in [1.807, 2.05) is 52.0 Å². The van der Waals surface area contributed by atoms with Crippen LogP contribution in [-0.2, 0) is 20.5 Å². The zero-order valence-corrected chi connectivity index (χ0v) is 17.1. The minimum Gasteiger partial charge on any atom is -0.399 e. The van der Waals surface area contributed by atoms with Gasteiger partial charge in [0.2, 0.25) is 5.91 Å². The normalized spacial score (nSPS) is 18.3. The molecule has 1 aromatic carbocycles. The topological polar surface area (TPSA) is 104 Å². The molecule has 1 aromatic heterocycles. The third-order valence-electron chi connectivity index (χ3n) is 5.49. The van der Waals surface area contributed by atoms with Crippen molar-refractivity contribution in [1.82, 2.24) is 10.3 Å². The molecule has 8 heteroatoms. The van der Waals surface area contributed by atoms with Crippen LogP contribution in [0.2, 0.25) is 0 Å². The number of hydrogen-bond acceptors (Lipinski definition) is 5. The van der Waals surface area contributed by atoms with E-state index in [2.05, 4.69) is 10.3 Å². The molecule has 1 fully saturated rings. The summed E-state index contributed by atoms with van der Waals surface area (Å²) < 4.78 is 12.1. The minimum atomic E-state index is -0.841. The van der Waals surface area contributed by atoms with E-state index in [1.54, 1.807) is 18.2 Å². The lowest BCUT2D eigenvalue weighted by molar-refractivity contribution is -0.119. The smallest absolute Gasteiger partial charge is 0.399 e. The summed E-state index contributed by atoms with van der Waals surface area (Å²) in [5.41, 5.74) is 6.64. The molecule has 0 saturated carbocycles. The number of benzene rings is 1. The maximum atomic E-state index is 12.3. The van der Waals surface area contributed by atoms with Crippen molar-refractivity contribution in [1.29, 1.82) is 0 Å². The van der Waals surface area contributed by atoms with E-state index in [0.717, 1.165) is 11.0 Å². The zero-order valence-electron chi connectivity index (χ0n) is 17.1. The predicted molar refractivity (Wildman–Crippen MR) is 111 cm³/mol. The first kappa shape index (κ1) is 21.0. The van der Waals surface area contributed by atoms with Crippen molar-refractivity contribution in [2.24, 2.45) is 5.73 Å². The number of pyridine rings is 1. The fraction of sp³-hybridized carbons (Fsp3) is 0.381. The number of rotatable bonds is 6. The van der Waals surface area contributed by atoms with Crippen LogP contribution in [-0.4, -0.2) is 41.2 Å². The van der Waals surface area contributed by atoms with Gasteiger partial charge in [0.15, 0.2) is 0 Å². The van der Waals surface area contributed by atoms with Gasteiger partial charge in [-0.3, -0.25) is 14.6 Å². The van der Waals surface area contributed by atoms with Crippen LogP contribution in [0.3, 0.4) is 0 Å². The highest BCUT2D eigenvalue weighted by Crippen LogP contribution is 2.36. The molecule has 0 bridgehead atoms. The summed E-state index contributed by atoms with van der Waals surface area (Å²) in [7, 11) is -0.454. The Kier molecular flexibility index (Phi) is 5.77. The first-order valence-electron chi connectivity index (χ1n) is 9.55. The highest BCUT2D eigenvalue weighted by Gasteiger charge is 2.51. The number of amides is 2. The summed E-state index contributed by atoms with van der Waals surface area (Å²) >= 11 is 0. The summed E-state index contributed by atoms with van der Waals surface area (Å²) in [6.07, 6.45) is 1.79. The number of nitrogens with two attached hydrogens (primary N) is 1. The van der Waals surface area contributed by atoms with Crippen molar-refractivity contribution in [3.8, 4) is 0 Å². The van der Waals surface area contributed by atoms with E-state index in [1.165, 1.54) is 6.20 Å². The number of carbonyl (C=O) groups excluding carboxylic acids is 2. The van der Waals surface area contributed by atoms with Gasteiger partial charge in [0.25, 0.3) is 5.91 Å². The number of nitrogens with one attached hydrogen (secondary N) is 1. The van der Waals surface area contributed by atoms with Gasteiger partial charge in [0.1, 0.15) is 11.7 Å². The van der Waals surface area contributed by atoms with Crippen LogP contribution in [0.1, 0.15) is 43.7 Å². The highest BCUT2D eigenvalue weighted by molar-refractivity contribution is 6.62. The van der Waals surface area contributed by atoms with Crippen molar-refractivity contribution in [3.05, 3.63) is 59.9 Å². The molecule has 1 atom stereocenters. The molecule has 0 radical (unpaired) electrons. The molecule has 1 saturated heterocycles. The van der Waals surface area contributed by atoms with Crippen LogP contribution >= 0.6 is 0 Å². The fourth-order valence-electron chi connectivity index (χ4n) is 2.98. The largest absolute Gasteiger partial charge is 0.494 e. The predicted octanol–water partition coefficient (Wildman–Crippen LogP) is 1.21. The Morgan fingerprint density at radius 3 is 2.21 bits per heavy atom.